The first-order valence-corrected chi connectivity index (χ1v) is 7.43. The maximum atomic E-state index is 12.0. The van der Waals surface area contributed by atoms with Gasteiger partial charge >= 0.3 is 0 Å². The molecule has 3 rings (SSSR count). The third-order valence-corrected chi connectivity index (χ3v) is 3.62. The molecule has 22 heavy (non-hydrogen) atoms. The minimum atomic E-state index is -0.193. The molecule has 0 atom stereocenters. The standard InChI is InChI=1S/C17H19N3O2/c21-17(16-3-1-2-8-18-16)19-15-6-4-14(5-7-15)13-20-9-11-22-12-10-20/h1-8H,9-13H2,(H,19,21). The van der Waals surface area contributed by atoms with Gasteiger partial charge < -0.3 is 10.1 Å². The van der Waals surface area contributed by atoms with Crippen LogP contribution in [0.1, 0.15) is 16.1 Å². The summed E-state index contributed by atoms with van der Waals surface area (Å²) in [5.41, 5.74) is 2.43. The molecule has 2 heterocycles. The Balaban J connectivity index is 1.58. The number of aromatic nitrogens is 1. The zero-order valence-electron chi connectivity index (χ0n) is 12.4. The number of morpholine rings is 1. The van der Waals surface area contributed by atoms with Gasteiger partial charge in [0, 0.05) is 31.5 Å². The van der Waals surface area contributed by atoms with Crippen LogP contribution in [0.4, 0.5) is 5.69 Å². The number of amides is 1. The lowest BCUT2D eigenvalue weighted by Crippen LogP contribution is -2.35. The van der Waals surface area contributed by atoms with Gasteiger partial charge in [0.1, 0.15) is 5.69 Å². The molecule has 0 unspecified atom stereocenters. The van der Waals surface area contributed by atoms with E-state index in [1.807, 2.05) is 24.3 Å². The highest BCUT2D eigenvalue weighted by Crippen LogP contribution is 2.13. The van der Waals surface area contributed by atoms with Crippen molar-refractivity contribution in [3.8, 4) is 0 Å². The van der Waals surface area contributed by atoms with Gasteiger partial charge in [-0.15, -0.1) is 0 Å². The lowest BCUT2D eigenvalue weighted by molar-refractivity contribution is 0.0342. The molecule has 114 valence electrons. The van der Waals surface area contributed by atoms with Gasteiger partial charge in [-0.1, -0.05) is 18.2 Å². The molecule has 0 spiro atoms. The number of pyridine rings is 1. The van der Waals surface area contributed by atoms with Gasteiger partial charge in [0.05, 0.1) is 13.2 Å². The van der Waals surface area contributed by atoms with Crippen molar-refractivity contribution in [1.82, 2.24) is 9.88 Å². The van der Waals surface area contributed by atoms with E-state index in [0.29, 0.717) is 5.69 Å². The van der Waals surface area contributed by atoms with Crippen molar-refractivity contribution < 1.29 is 9.53 Å². The van der Waals surface area contributed by atoms with Crippen LogP contribution in [0.15, 0.2) is 48.7 Å². The Morgan fingerprint density at radius 2 is 1.91 bits per heavy atom. The van der Waals surface area contributed by atoms with E-state index >= 15 is 0 Å². The van der Waals surface area contributed by atoms with Crippen LogP contribution in [-0.2, 0) is 11.3 Å². The predicted molar refractivity (Wildman–Crippen MR) is 84.7 cm³/mol. The number of ether oxygens (including phenoxy) is 1. The lowest BCUT2D eigenvalue weighted by atomic mass is 10.2. The molecule has 1 aliphatic rings. The SMILES string of the molecule is O=C(Nc1ccc(CN2CCOCC2)cc1)c1ccccn1. The fraction of sp³-hybridized carbons (Fsp3) is 0.294. The molecule has 0 saturated carbocycles. The number of carbonyl (C=O) groups excluding carboxylic acids is 1. The van der Waals surface area contributed by atoms with Gasteiger partial charge in [-0.3, -0.25) is 14.7 Å². The van der Waals surface area contributed by atoms with E-state index < -0.39 is 0 Å². The van der Waals surface area contributed by atoms with Crippen molar-refractivity contribution in [3.63, 3.8) is 0 Å². The second kappa shape index (κ2) is 7.15. The van der Waals surface area contributed by atoms with Gasteiger partial charge in [-0.2, -0.15) is 0 Å². The summed E-state index contributed by atoms with van der Waals surface area (Å²) in [6.45, 7) is 4.46. The zero-order chi connectivity index (χ0) is 15.2. The first-order chi connectivity index (χ1) is 10.8. The monoisotopic (exact) mass is 297 g/mol. The Kier molecular flexibility index (Phi) is 4.78. The number of hydrogen-bond donors (Lipinski definition) is 1. The van der Waals surface area contributed by atoms with Crippen molar-refractivity contribution in [1.29, 1.82) is 0 Å². The number of nitrogens with zero attached hydrogens (tertiary/aromatic N) is 2. The summed E-state index contributed by atoms with van der Waals surface area (Å²) in [5, 5.41) is 2.85. The van der Waals surface area contributed by atoms with E-state index in [2.05, 4.69) is 15.2 Å². The maximum Gasteiger partial charge on any atom is 0.274 e. The topological polar surface area (TPSA) is 54.5 Å². The molecule has 5 heteroatoms. The Bertz CT molecular complexity index is 608. The average Bonchev–Trinajstić information content (AvgIpc) is 2.58. The van der Waals surface area contributed by atoms with E-state index in [4.69, 9.17) is 4.74 Å². The van der Waals surface area contributed by atoms with Crippen molar-refractivity contribution >= 4 is 11.6 Å². The molecule has 0 bridgehead atoms. The molecule has 1 aromatic heterocycles. The van der Waals surface area contributed by atoms with E-state index in [1.54, 1.807) is 24.4 Å². The molecular weight excluding hydrogens is 278 g/mol. The molecule has 1 amide bonds. The van der Waals surface area contributed by atoms with Gasteiger partial charge in [0.2, 0.25) is 0 Å². The smallest absolute Gasteiger partial charge is 0.274 e. The molecule has 0 aliphatic carbocycles. The number of carbonyl (C=O) groups is 1. The van der Waals surface area contributed by atoms with Crippen LogP contribution < -0.4 is 5.32 Å². The highest BCUT2D eigenvalue weighted by molar-refractivity contribution is 6.02. The van der Waals surface area contributed by atoms with Crippen LogP contribution in [-0.4, -0.2) is 42.1 Å². The molecule has 2 aromatic rings. The highest BCUT2D eigenvalue weighted by Gasteiger charge is 2.11. The van der Waals surface area contributed by atoms with Crippen LogP contribution in [0.5, 0.6) is 0 Å². The van der Waals surface area contributed by atoms with Crippen LogP contribution >= 0.6 is 0 Å². The summed E-state index contributed by atoms with van der Waals surface area (Å²) < 4.78 is 5.35. The van der Waals surface area contributed by atoms with Crippen LogP contribution in [0.25, 0.3) is 0 Å². The summed E-state index contributed by atoms with van der Waals surface area (Å²) in [4.78, 5) is 18.4. The Morgan fingerprint density at radius 1 is 1.14 bits per heavy atom. The largest absolute Gasteiger partial charge is 0.379 e. The third kappa shape index (κ3) is 3.90. The summed E-state index contributed by atoms with van der Waals surface area (Å²) in [6.07, 6.45) is 1.61. The first-order valence-electron chi connectivity index (χ1n) is 7.43. The Morgan fingerprint density at radius 3 is 2.59 bits per heavy atom. The molecule has 1 fully saturated rings. The highest BCUT2D eigenvalue weighted by atomic mass is 16.5. The minimum Gasteiger partial charge on any atom is -0.379 e. The molecule has 1 N–H and O–H groups in total. The number of benzene rings is 1. The van der Waals surface area contributed by atoms with Crippen LogP contribution in [0, 0.1) is 0 Å². The zero-order valence-corrected chi connectivity index (χ0v) is 12.4. The summed E-state index contributed by atoms with van der Waals surface area (Å²) in [5.74, 6) is -0.193. The van der Waals surface area contributed by atoms with Gasteiger partial charge in [-0.05, 0) is 29.8 Å². The first kappa shape index (κ1) is 14.7. The molecule has 0 radical (unpaired) electrons. The van der Waals surface area contributed by atoms with Crippen molar-refractivity contribution in [2.24, 2.45) is 0 Å². The van der Waals surface area contributed by atoms with Gasteiger partial charge in [0.25, 0.3) is 5.91 Å². The number of nitrogens with one attached hydrogen (secondary N) is 1. The summed E-state index contributed by atoms with van der Waals surface area (Å²) >= 11 is 0. The Labute approximate surface area is 129 Å². The van der Waals surface area contributed by atoms with Crippen molar-refractivity contribution in [3.05, 3.63) is 59.9 Å². The lowest BCUT2D eigenvalue weighted by Gasteiger charge is -2.26. The number of anilines is 1. The maximum absolute atomic E-state index is 12.0. The van der Waals surface area contributed by atoms with Gasteiger partial charge in [-0.25, -0.2) is 0 Å². The van der Waals surface area contributed by atoms with Crippen LogP contribution in [0.3, 0.4) is 0 Å². The fourth-order valence-corrected chi connectivity index (χ4v) is 2.40. The van der Waals surface area contributed by atoms with Crippen molar-refractivity contribution in [2.75, 3.05) is 31.6 Å². The number of rotatable bonds is 4. The van der Waals surface area contributed by atoms with Crippen LogP contribution in [0.2, 0.25) is 0 Å². The van der Waals surface area contributed by atoms with E-state index in [-0.39, 0.29) is 5.91 Å². The fourth-order valence-electron chi connectivity index (χ4n) is 2.40. The minimum absolute atomic E-state index is 0.193. The molecule has 1 aromatic carbocycles. The predicted octanol–water partition coefficient (Wildman–Crippen LogP) is 2.17. The van der Waals surface area contributed by atoms with Crippen molar-refractivity contribution in [2.45, 2.75) is 6.54 Å². The summed E-state index contributed by atoms with van der Waals surface area (Å²) in [7, 11) is 0. The molecule has 1 aliphatic heterocycles. The molecule has 1 saturated heterocycles. The molecule has 5 nitrogen and oxygen atoms in total. The second-order valence-corrected chi connectivity index (χ2v) is 5.25. The normalized spacial score (nSPS) is 15.5. The van der Waals surface area contributed by atoms with E-state index in [1.165, 1.54) is 5.56 Å². The van der Waals surface area contributed by atoms with E-state index in [0.717, 1.165) is 38.5 Å². The quantitative estimate of drug-likeness (QED) is 0.939. The second-order valence-electron chi connectivity index (χ2n) is 5.25. The molecular formula is C17H19N3O2. The van der Waals surface area contributed by atoms with E-state index in [9.17, 15) is 4.79 Å². The summed E-state index contributed by atoms with van der Waals surface area (Å²) in [6, 6.07) is 13.2. The number of hydrogen-bond acceptors (Lipinski definition) is 4. The third-order valence-electron chi connectivity index (χ3n) is 3.62. The Hall–Kier alpha value is -2.24. The average molecular weight is 297 g/mol. The van der Waals surface area contributed by atoms with Gasteiger partial charge in [0.15, 0.2) is 0 Å².